The zero-order chi connectivity index (χ0) is 9.84. The third-order valence-electron chi connectivity index (χ3n) is 1.32. The molecule has 0 spiro atoms. The van der Waals surface area contributed by atoms with Crippen LogP contribution in [0.2, 0.25) is 0 Å². The molecule has 1 heterocycles. The second-order valence-electron chi connectivity index (χ2n) is 2.29. The lowest BCUT2D eigenvalue weighted by atomic mass is 10.4. The zero-order valence-corrected chi connectivity index (χ0v) is 6.59. The van der Waals surface area contributed by atoms with Crippen molar-refractivity contribution in [3.8, 4) is 5.75 Å². The van der Waals surface area contributed by atoms with Gasteiger partial charge >= 0.3 is 0 Å². The van der Waals surface area contributed by atoms with E-state index in [9.17, 15) is 13.6 Å². The summed E-state index contributed by atoms with van der Waals surface area (Å²) in [5.41, 5.74) is 4.51. The highest BCUT2D eigenvalue weighted by Crippen LogP contribution is 2.15. The molecule has 4 nitrogen and oxygen atoms in total. The lowest BCUT2D eigenvalue weighted by Gasteiger charge is -2.06. The quantitative estimate of drug-likeness (QED) is 0.733. The second kappa shape index (κ2) is 3.88. The van der Waals surface area contributed by atoms with Gasteiger partial charge in [0.1, 0.15) is 18.0 Å². The van der Waals surface area contributed by atoms with Crippen molar-refractivity contribution in [3.63, 3.8) is 0 Å². The van der Waals surface area contributed by atoms with Gasteiger partial charge in [-0.1, -0.05) is 0 Å². The summed E-state index contributed by atoms with van der Waals surface area (Å²) < 4.78 is 28.0. The molecule has 0 aliphatic carbocycles. The highest BCUT2D eigenvalue weighted by Gasteiger charge is 2.07. The Kier molecular flexibility index (Phi) is 2.84. The van der Waals surface area contributed by atoms with Gasteiger partial charge in [0.05, 0.1) is 0 Å². The standard InChI is InChI=1S/C7H8F2N2O2/c8-5(9)3-13-4-1-2-11-7(12)6(4)10/h1-2,5H,3,10H2,(H,11,12). The molecule has 1 aromatic rings. The van der Waals surface area contributed by atoms with Gasteiger partial charge in [0.25, 0.3) is 12.0 Å². The number of aromatic amines is 1. The van der Waals surface area contributed by atoms with Gasteiger partial charge in [-0.25, -0.2) is 8.78 Å². The van der Waals surface area contributed by atoms with E-state index >= 15 is 0 Å². The van der Waals surface area contributed by atoms with Crippen molar-refractivity contribution in [2.45, 2.75) is 6.43 Å². The molecule has 1 aromatic heterocycles. The van der Waals surface area contributed by atoms with Crippen molar-refractivity contribution in [2.24, 2.45) is 0 Å². The third-order valence-corrected chi connectivity index (χ3v) is 1.32. The number of rotatable bonds is 3. The Morgan fingerprint density at radius 1 is 1.62 bits per heavy atom. The fourth-order valence-corrected chi connectivity index (χ4v) is 0.751. The molecule has 6 heteroatoms. The zero-order valence-electron chi connectivity index (χ0n) is 6.59. The van der Waals surface area contributed by atoms with Gasteiger partial charge in [-0.3, -0.25) is 4.79 Å². The van der Waals surface area contributed by atoms with Crippen LogP contribution in [0.1, 0.15) is 0 Å². The largest absolute Gasteiger partial charge is 0.485 e. The number of H-pyrrole nitrogens is 1. The topological polar surface area (TPSA) is 68.1 Å². The lowest BCUT2D eigenvalue weighted by molar-refractivity contribution is 0.0822. The SMILES string of the molecule is Nc1c(OCC(F)F)cc[nH]c1=O. The van der Waals surface area contributed by atoms with Gasteiger partial charge in [0, 0.05) is 6.20 Å². The molecule has 0 atom stereocenters. The summed E-state index contributed by atoms with van der Waals surface area (Å²) in [7, 11) is 0. The highest BCUT2D eigenvalue weighted by atomic mass is 19.3. The van der Waals surface area contributed by atoms with Crippen molar-refractivity contribution >= 4 is 5.69 Å². The minimum absolute atomic E-state index is 0.0240. The molecule has 0 saturated carbocycles. The van der Waals surface area contributed by atoms with Crippen molar-refractivity contribution in [2.75, 3.05) is 12.3 Å². The van der Waals surface area contributed by atoms with Crippen LogP contribution in [-0.4, -0.2) is 18.0 Å². The van der Waals surface area contributed by atoms with Crippen LogP contribution in [0.5, 0.6) is 5.75 Å². The van der Waals surface area contributed by atoms with Crippen molar-refractivity contribution in [1.82, 2.24) is 4.98 Å². The summed E-state index contributed by atoms with van der Waals surface area (Å²) in [4.78, 5) is 13.1. The predicted molar refractivity (Wildman–Crippen MR) is 43.0 cm³/mol. The molecule has 0 unspecified atom stereocenters. The van der Waals surface area contributed by atoms with Gasteiger partial charge in [-0.05, 0) is 6.07 Å². The van der Waals surface area contributed by atoms with E-state index in [4.69, 9.17) is 5.73 Å². The maximum absolute atomic E-state index is 11.7. The summed E-state index contributed by atoms with van der Waals surface area (Å²) in [6, 6.07) is 1.32. The molecule has 3 N–H and O–H groups in total. The van der Waals surface area contributed by atoms with Gasteiger partial charge in [-0.2, -0.15) is 0 Å². The van der Waals surface area contributed by atoms with Crippen LogP contribution < -0.4 is 16.0 Å². The molecule has 0 amide bonds. The van der Waals surface area contributed by atoms with Gasteiger partial charge in [0.2, 0.25) is 0 Å². The molecule has 0 radical (unpaired) electrons. The number of nitrogens with one attached hydrogen (secondary N) is 1. The van der Waals surface area contributed by atoms with Crippen LogP contribution in [0.3, 0.4) is 0 Å². The summed E-state index contributed by atoms with van der Waals surface area (Å²) in [5.74, 6) is -0.0240. The molecule has 13 heavy (non-hydrogen) atoms. The molecule has 0 aliphatic rings. The number of alkyl halides is 2. The number of pyridine rings is 1. The van der Waals surface area contributed by atoms with Crippen molar-refractivity contribution in [3.05, 3.63) is 22.6 Å². The van der Waals surface area contributed by atoms with E-state index in [1.807, 2.05) is 0 Å². The van der Waals surface area contributed by atoms with Crippen LogP contribution in [-0.2, 0) is 0 Å². The number of aromatic nitrogens is 1. The summed E-state index contributed by atoms with van der Waals surface area (Å²) >= 11 is 0. The van der Waals surface area contributed by atoms with Gasteiger partial charge in [-0.15, -0.1) is 0 Å². The Bertz CT molecular complexity index is 338. The minimum atomic E-state index is -2.58. The number of anilines is 1. The molecule has 72 valence electrons. The van der Waals surface area contributed by atoms with Crippen LogP contribution in [0.25, 0.3) is 0 Å². The van der Waals surface area contributed by atoms with E-state index in [0.717, 1.165) is 0 Å². The average Bonchev–Trinajstić information content (AvgIpc) is 2.07. The Hall–Kier alpha value is -1.59. The Morgan fingerprint density at radius 3 is 2.92 bits per heavy atom. The van der Waals surface area contributed by atoms with Gasteiger partial charge in [0.15, 0.2) is 0 Å². The number of hydrogen-bond donors (Lipinski definition) is 2. The Balaban J connectivity index is 2.77. The van der Waals surface area contributed by atoms with Crippen molar-refractivity contribution in [1.29, 1.82) is 0 Å². The third kappa shape index (κ3) is 2.43. The maximum Gasteiger partial charge on any atom is 0.274 e. The van der Waals surface area contributed by atoms with E-state index in [1.54, 1.807) is 0 Å². The van der Waals surface area contributed by atoms with Crippen LogP contribution in [0.4, 0.5) is 14.5 Å². The second-order valence-corrected chi connectivity index (χ2v) is 2.29. The molecular weight excluding hydrogens is 182 g/mol. The predicted octanol–water partition coefficient (Wildman–Crippen LogP) is 0.601. The molecule has 0 aromatic carbocycles. The first-order chi connectivity index (χ1) is 6.11. The fourth-order valence-electron chi connectivity index (χ4n) is 0.751. The lowest BCUT2D eigenvalue weighted by Crippen LogP contribution is -2.15. The van der Waals surface area contributed by atoms with Crippen molar-refractivity contribution < 1.29 is 13.5 Å². The normalized spacial score (nSPS) is 10.4. The van der Waals surface area contributed by atoms with Crippen LogP contribution in [0, 0.1) is 0 Å². The van der Waals surface area contributed by atoms with Gasteiger partial charge < -0.3 is 15.5 Å². The van der Waals surface area contributed by atoms with E-state index in [0.29, 0.717) is 0 Å². The number of nitrogen functional groups attached to an aromatic ring is 1. The Labute approximate surface area is 72.3 Å². The summed E-state index contributed by atoms with van der Waals surface area (Å²) in [6.45, 7) is -0.770. The maximum atomic E-state index is 11.7. The number of hydrogen-bond acceptors (Lipinski definition) is 3. The van der Waals surface area contributed by atoms with E-state index < -0.39 is 18.6 Å². The highest BCUT2D eigenvalue weighted by molar-refractivity contribution is 5.49. The van der Waals surface area contributed by atoms with Crippen LogP contribution in [0.15, 0.2) is 17.1 Å². The first-order valence-corrected chi connectivity index (χ1v) is 3.49. The Morgan fingerprint density at radius 2 is 2.31 bits per heavy atom. The van der Waals surface area contributed by atoms with E-state index in [1.165, 1.54) is 12.3 Å². The number of halogens is 2. The number of ether oxygens (including phenoxy) is 1. The minimum Gasteiger partial charge on any atom is -0.485 e. The monoisotopic (exact) mass is 190 g/mol. The molecule has 0 saturated heterocycles. The summed E-state index contributed by atoms with van der Waals surface area (Å²) in [6.07, 6.45) is -1.31. The first kappa shape index (κ1) is 9.50. The fraction of sp³-hybridized carbons (Fsp3) is 0.286. The number of nitrogens with two attached hydrogens (primary N) is 1. The summed E-state index contributed by atoms with van der Waals surface area (Å²) in [5, 5.41) is 0. The molecule has 0 aliphatic heterocycles. The smallest absolute Gasteiger partial charge is 0.274 e. The molecule has 1 rings (SSSR count). The molecular formula is C7H8F2N2O2. The van der Waals surface area contributed by atoms with E-state index in [2.05, 4.69) is 9.72 Å². The molecule has 0 fully saturated rings. The van der Waals surface area contributed by atoms with Crippen LogP contribution >= 0.6 is 0 Å². The average molecular weight is 190 g/mol. The van der Waals surface area contributed by atoms with E-state index in [-0.39, 0.29) is 11.4 Å². The first-order valence-electron chi connectivity index (χ1n) is 3.49. The molecule has 0 bridgehead atoms.